The number of quaternary nitrogens is 1. The van der Waals surface area contributed by atoms with E-state index in [1.807, 2.05) is 0 Å². The topological polar surface area (TPSA) is 0 Å². The van der Waals surface area contributed by atoms with E-state index in [0.717, 1.165) is 5.33 Å². The Morgan fingerprint density at radius 2 is 0.913 bits per heavy atom. The number of alkyl halides is 1. The second-order valence-electron chi connectivity index (χ2n) is 7.67. The Morgan fingerprint density at radius 1 is 0.565 bits per heavy atom. The molecule has 0 aromatic heterocycles. The van der Waals surface area contributed by atoms with Crippen molar-refractivity contribution in [3.8, 4) is 0 Å². The molecule has 3 heteroatoms. The maximum atomic E-state index is 3.55. The molecule has 0 atom stereocenters. The third-order valence-corrected chi connectivity index (χ3v) is 5.16. The molecule has 0 fully saturated rings. The zero-order chi connectivity index (χ0) is 16.5. The molecule has 0 spiro atoms. The van der Waals surface area contributed by atoms with Crippen LogP contribution in [0.15, 0.2) is 0 Å². The van der Waals surface area contributed by atoms with E-state index in [9.17, 15) is 0 Å². The lowest BCUT2D eigenvalue weighted by Crippen LogP contribution is -3.00. The quantitative estimate of drug-likeness (QED) is 0.122. The molecule has 0 aliphatic rings. The van der Waals surface area contributed by atoms with Crippen LogP contribution in [0.5, 0.6) is 0 Å². The van der Waals surface area contributed by atoms with Crippen LogP contribution in [0.3, 0.4) is 0 Å². The predicted molar refractivity (Wildman–Crippen MR) is 106 cm³/mol. The van der Waals surface area contributed by atoms with E-state index in [4.69, 9.17) is 0 Å². The Labute approximate surface area is 173 Å². The summed E-state index contributed by atoms with van der Waals surface area (Å²) in [4.78, 5) is 0. The van der Waals surface area contributed by atoms with Crippen molar-refractivity contribution in [2.45, 2.75) is 96.8 Å². The van der Waals surface area contributed by atoms with Gasteiger partial charge in [0, 0.05) is 0 Å². The van der Waals surface area contributed by atoms with Crippen molar-refractivity contribution < 1.29 is 28.5 Å². The van der Waals surface area contributed by atoms with Gasteiger partial charge >= 0.3 is 0 Å². The maximum Gasteiger partial charge on any atom is 0.0880 e. The van der Waals surface area contributed by atoms with Gasteiger partial charge in [-0.1, -0.05) is 99.9 Å². The van der Waals surface area contributed by atoms with Crippen LogP contribution in [-0.2, 0) is 0 Å². The molecule has 0 N–H and O–H groups in total. The Balaban J connectivity index is 0. The summed E-state index contributed by atoms with van der Waals surface area (Å²) in [6.07, 6.45) is 20.3. The molecular weight excluding hydrogens is 461 g/mol. The van der Waals surface area contributed by atoms with Crippen LogP contribution in [0.4, 0.5) is 0 Å². The van der Waals surface area contributed by atoms with E-state index < -0.39 is 0 Å². The van der Waals surface area contributed by atoms with Gasteiger partial charge in [-0.25, -0.2) is 0 Å². The molecule has 0 saturated carbocycles. The summed E-state index contributed by atoms with van der Waals surface area (Å²) in [5, 5.41) is 1.12. The summed E-state index contributed by atoms with van der Waals surface area (Å²) < 4.78 is 1.17. The summed E-state index contributed by atoms with van der Waals surface area (Å²) in [6, 6.07) is 0. The van der Waals surface area contributed by atoms with Crippen LogP contribution in [0.1, 0.15) is 96.8 Å². The lowest BCUT2D eigenvalue weighted by Gasteiger charge is -2.29. The van der Waals surface area contributed by atoms with Gasteiger partial charge in [-0.15, -0.1) is 0 Å². The predicted octanol–water partition coefficient (Wildman–Crippen LogP) is 3.94. The fourth-order valence-electron chi connectivity index (χ4n) is 3.07. The molecule has 0 saturated heterocycles. The first-order chi connectivity index (χ1) is 10.6. The van der Waals surface area contributed by atoms with Crippen LogP contribution in [0, 0.1) is 0 Å². The second-order valence-corrected chi connectivity index (χ2v) is 8.46. The molecule has 23 heavy (non-hydrogen) atoms. The average molecular weight is 504 g/mol. The van der Waals surface area contributed by atoms with Gasteiger partial charge in [0.2, 0.25) is 0 Å². The molecule has 0 aromatic rings. The lowest BCUT2D eigenvalue weighted by atomic mass is 10.0. The van der Waals surface area contributed by atoms with Crippen molar-refractivity contribution in [2.24, 2.45) is 0 Å². The summed E-state index contributed by atoms with van der Waals surface area (Å²) in [6.45, 7) is 4.88. The fourth-order valence-corrected chi connectivity index (χ4v) is 4.04. The number of rotatable bonds is 17. The molecule has 0 amide bonds. The first-order valence-electron chi connectivity index (χ1n) is 10.0. The van der Waals surface area contributed by atoms with Gasteiger partial charge in [0.25, 0.3) is 0 Å². The van der Waals surface area contributed by atoms with E-state index >= 15 is 0 Å². The molecule has 0 aliphatic heterocycles. The molecule has 0 rings (SSSR count). The molecular formula is C20H43BrIN. The minimum Gasteiger partial charge on any atom is -1.00 e. The molecule has 0 radical (unpaired) electrons. The average Bonchev–Trinajstić information content (AvgIpc) is 2.47. The number of halogens is 2. The van der Waals surface area contributed by atoms with Gasteiger partial charge in [-0.3, -0.25) is 0 Å². The number of nitrogens with zero attached hydrogens (tertiary/aromatic N) is 1. The monoisotopic (exact) mass is 503 g/mol. The van der Waals surface area contributed by atoms with Gasteiger partial charge in [-0.05, 0) is 12.8 Å². The maximum absolute atomic E-state index is 3.55. The summed E-state index contributed by atoms with van der Waals surface area (Å²) in [5.41, 5.74) is 0. The highest BCUT2D eigenvalue weighted by atomic mass is 127. The standard InChI is InChI=1S/C20H43BrN.HI/c1-4-5-6-7-8-9-10-11-12-13-14-15-16-17-19-22(2,3)20-18-21;/h4-20H2,1-3H3;1H/q+1;/p-1. The van der Waals surface area contributed by atoms with Crippen molar-refractivity contribution in [1.82, 2.24) is 0 Å². The molecule has 0 unspecified atom stereocenters. The highest BCUT2D eigenvalue weighted by molar-refractivity contribution is 9.09. The minimum absolute atomic E-state index is 0. The molecule has 1 nitrogen and oxygen atoms in total. The zero-order valence-electron chi connectivity index (χ0n) is 16.2. The van der Waals surface area contributed by atoms with Gasteiger partial charge in [0.1, 0.15) is 0 Å². The number of unbranched alkanes of at least 4 members (excludes halogenated alkanes) is 13. The Hall–Kier alpha value is 1.17. The normalized spacial score (nSPS) is 11.5. The molecule has 0 heterocycles. The first-order valence-corrected chi connectivity index (χ1v) is 11.1. The molecule has 142 valence electrons. The van der Waals surface area contributed by atoms with E-state index in [2.05, 4.69) is 36.9 Å². The third kappa shape index (κ3) is 21.1. The summed E-state index contributed by atoms with van der Waals surface area (Å²) >= 11 is 3.55. The fraction of sp³-hybridized carbons (Fsp3) is 1.00. The number of hydrogen-bond donors (Lipinski definition) is 0. The van der Waals surface area contributed by atoms with E-state index in [-0.39, 0.29) is 24.0 Å². The SMILES string of the molecule is CCCCCCCCCCCCCCCC[N+](C)(C)CCBr.[I-]. The van der Waals surface area contributed by atoms with Crippen molar-refractivity contribution in [1.29, 1.82) is 0 Å². The van der Waals surface area contributed by atoms with Crippen molar-refractivity contribution >= 4 is 15.9 Å². The van der Waals surface area contributed by atoms with E-state index in [0.29, 0.717) is 0 Å². The Morgan fingerprint density at radius 3 is 1.26 bits per heavy atom. The van der Waals surface area contributed by atoms with Crippen molar-refractivity contribution in [3.63, 3.8) is 0 Å². The number of hydrogen-bond acceptors (Lipinski definition) is 0. The zero-order valence-corrected chi connectivity index (χ0v) is 20.0. The second kappa shape index (κ2) is 19.5. The van der Waals surface area contributed by atoms with Gasteiger partial charge in [0.15, 0.2) is 0 Å². The van der Waals surface area contributed by atoms with Crippen molar-refractivity contribution in [2.75, 3.05) is 32.5 Å². The van der Waals surface area contributed by atoms with Gasteiger partial charge in [0.05, 0.1) is 32.5 Å². The van der Waals surface area contributed by atoms with Crippen LogP contribution in [0.25, 0.3) is 0 Å². The summed E-state index contributed by atoms with van der Waals surface area (Å²) in [5.74, 6) is 0. The first kappa shape index (κ1) is 26.4. The largest absolute Gasteiger partial charge is 1.00 e. The van der Waals surface area contributed by atoms with E-state index in [1.165, 1.54) is 107 Å². The Kier molecular flexibility index (Phi) is 22.4. The third-order valence-electron chi connectivity index (χ3n) is 4.81. The van der Waals surface area contributed by atoms with E-state index in [1.54, 1.807) is 0 Å². The molecule has 0 aromatic carbocycles. The van der Waals surface area contributed by atoms with Crippen LogP contribution in [-0.4, -0.2) is 37.0 Å². The van der Waals surface area contributed by atoms with Gasteiger partial charge in [-0.2, -0.15) is 0 Å². The van der Waals surface area contributed by atoms with Crippen LogP contribution in [0.2, 0.25) is 0 Å². The van der Waals surface area contributed by atoms with Crippen molar-refractivity contribution in [3.05, 3.63) is 0 Å². The van der Waals surface area contributed by atoms with Crippen LogP contribution < -0.4 is 24.0 Å². The minimum atomic E-state index is 0. The highest BCUT2D eigenvalue weighted by Gasteiger charge is 2.12. The highest BCUT2D eigenvalue weighted by Crippen LogP contribution is 2.13. The van der Waals surface area contributed by atoms with Gasteiger partial charge < -0.3 is 28.5 Å². The van der Waals surface area contributed by atoms with Crippen LogP contribution >= 0.6 is 15.9 Å². The lowest BCUT2D eigenvalue weighted by molar-refractivity contribution is -0.887. The smallest absolute Gasteiger partial charge is 0.0880 e. The Bertz CT molecular complexity index is 222. The molecule has 0 bridgehead atoms. The summed E-state index contributed by atoms with van der Waals surface area (Å²) in [7, 11) is 4.70. The molecule has 0 aliphatic carbocycles.